The van der Waals surface area contributed by atoms with Crippen molar-refractivity contribution in [3.8, 4) is 11.5 Å². The van der Waals surface area contributed by atoms with Crippen LogP contribution in [0.2, 0.25) is 5.02 Å². The van der Waals surface area contributed by atoms with Crippen molar-refractivity contribution in [1.29, 1.82) is 0 Å². The molecule has 0 spiro atoms. The molecular weight excluding hydrogens is 261 g/mol. The molecule has 1 aromatic rings. The van der Waals surface area contributed by atoms with Crippen molar-refractivity contribution < 1.29 is 9.47 Å². The first-order valence-corrected chi connectivity index (χ1v) is 5.80. The van der Waals surface area contributed by atoms with E-state index in [0.29, 0.717) is 16.7 Å². The molecule has 1 aliphatic rings. The zero-order chi connectivity index (χ0) is 11.7. The molecule has 5 heteroatoms. The van der Waals surface area contributed by atoms with Crippen molar-refractivity contribution >= 4 is 24.0 Å². The molecule has 0 aliphatic carbocycles. The molecule has 1 atom stereocenters. The van der Waals surface area contributed by atoms with Crippen LogP contribution in [0.5, 0.6) is 11.5 Å². The van der Waals surface area contributed by atoms with Crippen LogP contribution in [0, 0.1) is 5.92 Å². The van der Waals surface area contributed by atoms with Crippen molar-refractivity contribution in [2.75, 3.05) is 6.79 Å². The zero-order valence-corrected chi connectivity index (χ0v) is 11.5. The largest absolute Gasteiger partial charge is 0.454 e. The second kappa shape index (κ2) is 5.80. The van der Waals surface area contributed by atoms with Gasteiger partial charge >= 0.3 is 0 Å². The lowest BCUT2D eigenvalue weighted by atomic mass is 9.97. The Morgan fingerprint density at radius 2 is 1.88 bits per heavy atom. The van der Waals surface area contributed by atoms with Crippen molar-refractivity contribution in [3.05, 3.63) is 22.7 Å². The van der Waals surface area contributed by atoms with E-state index in [1.165, 1.54) is 0 Å². The van der Waals surface area contributed by atoms with Gasteiger partial charge in [-0.25, -0.2) is 0 Å². The monoisotopic (exact) mass is 277 g/mol. The van der Waals surface area contributed by atoms with Gasteiger partial charge in [-0.1, -0.05) is 25.4 Å². The van der Waals surface area contributed by atoms with E-state index in [1.54, 1.807) is 6.07 Å². The van der Waals surface area contributed by atoms with Crippen LogP contribution in [0.15, 0.2) is 12.1 Å². The number of hydrogen-bond donors (Lipinski definition) is 1. The Labute approximate surface area is 113 Å². The van der Waals surface area contributed by atoms with Gasteiger partial charge < -0.3 is 15.2 Å². The molecule has 0 saturated heterocycles. The van der Waals surface area contributed by atoms with Gasteiger partial charge in [0.25, 0.3) is 0 Å². The maximum absolute atomic E-state index is 6.17. The third kappa shape index (κ3) is 3.18. The standard InChI is InChI=1S/C12H16ClNO2.ClH/c1-7(2)3-10(14)8-4-11-12(5-9(8)13)16-6-15-11;/h4-5,7,10H,3,6,14H2,1-2H3;1H/t10-;/m0./s1. The van der Waals surface area contributed by atoms with E-state index in [-0.39, 0.29) is 25.2 Å². The molecule has 1 aromatic carbocycles. The summed E-state index contributed by atoms with van der Waals surface area (Å²) in [6, 6.07) is 3.61. The van der Waals surface area contributed by atoms with Crippen LogP contribution in [0.4, 0.5) is 0 Å². The van der Waals surface area contributed by atoms with Crippen molar-refractivity contribution in [2.45, 2.75) is 26.3 Å². The summed E-state index contributed by atoms with van der Waals surface area (Å²) in [5.41, 5.74) is 7.04. The summed E-state index contributed by atoms with van der Waals surface area (Å²) in [6.45, 7) is 4.54. The predicted octanol–water partition coefficient (Wildman–Crippen LogP) is 3.54. The van der Waals surface area contributed by atoms with E-state index in [2.05, 4.69) is 13.8 Å². The Morgan fingerprint density at radius 3 is 2.47 bits per heavy atom. The summed E-state index contributed by atoms with van der Waals surface area (Å²) < 4.78 is 10.6. The van der Waals surface area contributed by atoms with Gasteiger partial charge in [-0.05, 0) is 24.0 Å². The number of hydrogen-bond acceptors (Lipinski definition) is 3. The number of halogens is 2. The van der Waals surface area contributed by atoms with Gasteiger partial charge in [-0.3, -0.25) is 0 Å². The second-order valence-corrected chi connectivity index (χ2v) is 4.87. The third-order valence-corrected chi connectivity index (χ3v) is 2.94. The fourth-order valence-electron chi connectivity index (χ4n) is 1.85. The number of ether oxygens (including phenoxy) is 2. The van der Waals surface area contributed by atoms with Crippen LogP contribution in [0.3, 0.4) is 0 Å². The van der Waals surface area contributed by atoms with Crippen molar-refractivity contribution in [2.24, 2.45) is 11.7 Å². The normalized spacial score (nSPS) is 14.6. The van der Waals surface area contributed by atoms with Gasteiger partial charge in [0.05, 0.1) is 0 Å². The highest BCUT2D eigenvalue weighted by atomic mass is 35.5. The van der Waals surface area contributed by atoms with Crippen LogP contribution < -0.4 is 15.2 Å². The van der Waals surface area contributed by atoms with Gasteiger partial charge in [0, 0.05) is 17.1 Å². The second-order valence-electron chi connectivity index (χ2n) is 4.46. The maximum Gasteiger partial charge on any atom is 0.231 e. The third-order valence-electron chi connectivity index (χ3n) is 2.62. The molecule has 17 heavy (non-hydrogen) atoms. The Morgan fingerprint density at radius 1 is 1.29 bits per heavy atom. The lowest BCUT2D eigenvalue weighted by molar-refractivity contribution is 0.174. The minimum Gasteiger partial charge on any atom is -0.454 e. The molecule has 1 heterocycles. The molecule has 96 valence electrons. The molecule has 0 unspecified atom stereocenters. The highest BCUT2D eigenvalue weighted by molar-refractivity contribution is 6.31. The molecule has 0 fully saturated rings. The lowest BCUT2D eigenvalue weighted by Crippen LogP contribution is -2.13. The van der Waals surface area contributed by atoms with Crippen LogP contribution in [-0.2, 0) is 0 Å². The number of benzene rings is 1. The highest BCUT2D eigenvalue weighted by Crippen LogP contribution is 2.39. The van der Waals surface area contributed by atoms with Crippen LogP contribution in [0.1, 0.15) is 31.9 Å². The smallest absolute Gasteiger partial charge is 0.231 e. The molecule has 0 bridgehead atoms. The van der Waals surface area contributed by atoms with Crippen LogP contribution in [-0.4, -0.2) is 6.79 Å². The lowest BCUT2D eigenvalue weighted by Gasteiger charge is -2.16. The SMILES string of the molecule is CC(C)C[C@H](N)c1cc2c(cc1Cl)OCO2.Cl. The van der Waals surface area contributed by atoms with Crippen molar-refractivity contribution in [3.63, 3.8) is 0 Å². The number of rotatable bonds is 3. The first-order chi connectivity index (χ1) is 7.58. The average molecular weight is 278 g/mol. The predicted molar refractivity (Wildman–Crippen MR) is 71.2 cm³/mol. The fourth-order valence-corrected chi connectivity index (χ4v) is 2.15. The molecule has 1 aliphatic heterocycles. The summed E-state index contributed by atoms with van der Waals surface area (Å²) in [5, 5.41) is 0.650. The molecule has 0 amide bonds. The Kier molecular flexibility index (Phi) is 4.92. The van der Waals surface area contributed by atoms with Gasteiger partial charge in [-0.2, -0.15) is 0 Å². The summed E-state index contributed by atoms with van der Waals surface area (Å²) in [4.78, 5) is 0. The fraction of sp³-hybridized carbons (Fsp3) is 0.500. The first kappa shape index (κ1) is 14.4. The van der Waals surface area contributed by atoms with E-state index in [9.17, 15) is 0 Å². The number of nitrogens with two attached hydrogens (primary N) is 1. The van der Waals surface area contributed by atoms with Gasteiger partial charge in [0.2, 0.25) is 6.79 Å². The summed E-state index contributed by atoms with van der Waals surface area (Å²) in [5.74, 6) is 1.97. The summed E-state index contributed by atoms with van der Waals surface area (Å²) in [7, 11) is 0. The van der Waals surface area contributed by atoms with E-state index in [1.807, 2.05) is 6.07 Å². The molecule has 2 N–H and O–H groups in total. The van der Waals surface area contributed by atoms with Gasteiger partial charge in [0.15, 0.2) is 11.5 Å². The summed E-state index contributed by atoms with van der Waals surface area (Å²) in [6.07, 6.45) is 0.902. The minimum atomic E-state index is -0.0537. The first-order valence-electron chi connectivity index (χ1n) is 5.42. The van der Waals surface area contributed by atoms with Crippen LogP contribution in [0.25, 0.3) is 0 Å². The minimum absolute atomic E-state index is 0. The van der Waals surface area contributed by atoms with Gasteiger partial charge in [0.1, 0.15) is 0 Å². The molecule has 0 saturated carbocycles. The summed E-state index contributed by atoms with van der Waals surface area (Å²) >= 11 is 6.17. The maximum atomic E-state index is 6.17. The quantitative estimate of drug-likeness (QED) is 0.919. The zero-order valence-electron chi connectivity index (χ0n) is 9.90. The van der Waals surface area contributed by atoms with E-state index in [4.69, 9.17) is 26.8 Å². The van der Waals surface area contributed by atoms with E-state index in [0.717, 1.165) is 17.7 Å². The van der Waals surface area contributed by atoms with Crippen molar-refractivity contribution in [1.82, 2.24) is 0 Å². The molecule has 0 radical (unpaired) electrons. The van der Waals surface area contributed by atoms with Crippen LogP contribution >= 0.6 is 24.0 Å². The number of fused-ring (bicyclic) bond motifs is 1. The Hall–Kier alpha value is -0.640. The molecular formula is C12H17Cl2NO2. The molecule has 2 rings (SSSR count). The molecule has 0 aromatic heterocycles. The average Bonchev–Trinajstić information content (AvgIpc) is 2.61. The van der Waals surface area contributed by atoms with Gasteiger partial charge in [-0.15, -0.1) is 12.4 Å². The topological polar surface area (TPSA) is 44.5 Å². The Balaban J connectivity index is 0.00000144. The Bertz CT molecular complexity index is 396. The van der Waals surface area contributed by atoms with E-state index >= 15 is 0 Å². The highest BCUT2D eigenvalue weighted by Gasteiger charge is 2.20. The molecule has 3 nitrogen and oxygen atoms in total. The van der Waals surface area contributed by atoms with E-state index < -0.39 is 0 Å².